The van der Waals surface area contributed by atoms with Gasteiger partial charge in [0.1, 0.15) is 18.2 Å². The Hall–Kier alpha value is -2.10. The molecule has 98 valence electrons. The number of aromatic nitrogens is 2. The number of fused-ring (bicyclic) bond motifs is 2. The average molecular weight is 256 g/mol. The van der Waals surface area contributed by atoms with E-state index in [2.05, 4.69) is 11.6 Å². The Morgan fingerprint density at radius 1 is 1.53 bits per heavy atom. The first-order valence-electron chi connectivity index (χ1n) is 6.46. The van der Waals surface area contributed by atoms with Crippen LogP contribution in [0, 0.1) is 0 Å². The van der Waals surface area contributed by atoms with Crippen molar-refractivity contribution in [3.63, 3.8) is 0 Å². The SMILES string of the molecule is C=C(C)COc1ccc2nc3n(c(=O)c2c1)CCC3. The monoisotopic (exact) mass is 256 g/mol. The molecule has 19 heavy (non-hydrogen) atoms. The Morgan fingerprint density at radius 2 is 2.37 bits per heavy atom. The number of hydrogen-bond donors (Lipinski definition) is 0. The minimum Gasteiger partial charge on any atom is -0.489 e. The number of rotatable bonds is 3. The molecular weight excluding hydrogens is 240 g/mol. The maximum absolute atomic E-state index is 12.4. The lowest BCUT2D eigenvalue weighted by atomic mass is 10.2. The van der Waals surface area contributed by atoms with Crippen LogP contribution in [0.25, 0.3) is 10.9 Å². The summed E-state index contributed by atoms with van der Waals surface area (Å²) in [5, 5.41) is 0.630. The van der Waals surface area contributed by atoms with E-state index in [1.165, 1.54) is 0 Å². The summed E-state index contributed by atoms with van der Waals surface area (Å²) in [6, 6.07) is 5.48. The third-order valence-corrected chi connectivity index (χ3v) is 3.27. The molecule has 0 radical (unpaired) electrons. The van der Waals surface area contributed by atoms with Crippen LogP contribution < -0.4 is 10.3 Å². The molecule has 0 amide bonds. The largest absolute Gasteiger partial charge is 0.489 e. The molecule has 2 heterocycles. The van der Waals surface area contributed by atoms with Crippen molar-refractivity contribution in [3.05, 3.63) is 46.5 Å². The predicted molar refractivity (Wildman–Crippen MR) is 74.6 cm³/mol. The van der Waals surface area contributed by atoms with Crippen LogP contribution in [0.4, 0.5) is 0 Å². The highest BCUT2D eigenvalue weighted by atomic mass is 16.5. The van der Waals surface area contributed by atoms with Gasteiger partial charge in [0.25, 0.3) is 5.56 Å². The first-order valence-corrected chi connectivity index (χ1v) is 6.46. The number of nitrogens with zero attached hydrogens (tertiary/aromatic N) is 2. The molecule has 4 nitrogen and oxygen atoms in total. The van der Waals surface area contributed by atoms with Gasteiger partial charge in [0, 0.05) is 13.0 Å². The van der Waals surface area contributed by atoms with Crippen LogP contribution in [-0.2, 0) is 13.0 Å². The van der Waals surface area contributed by atoms with Crippen molar-refractivity contribution >= 4 is 10.9 Å². The minimum atomic E-state index is 0.0401. The van der Waals surface area contributed by atoms with E-state index in [1.807, 2.05) is 19.1 Å². The van der Waals surface area contributed by atoms with E-state index in [0.717, 1.165) is 36.3 Å². The number of aryl methyl sites for hydroxylation is 1. The molecule has 3 rings (SSSR count). The Labute approximate surface area is 111 Å². The molecule has 1 aromatic carbocycles. The second-order valence-corrected chi connectivity index (χ2v) is 5.01. The van der Waals surface area contributed by atoms with Crippen LogP contribution in [0.2, 0.25) is 0 Å². The first-order chi connectivity index (χ1) is 9.15. The summed E-state index contributed by atoms with van der Waals surface area (Å²) in [4.78, 5) is 16.9. The lowest BCUT2D eigenvalue weighted by molar-refractivity contribution is 0.353. The minimum absolute atomic E-state index is 0.0401. The van der Waals surface area contributed by atoms with Crippen LogP contribution >= 0.6 is 0 Å². The van der Waals surface area contributed by atoms with Gasteiger partial charge in [0.05, 0.1) is 10.9 Å². The fourth-order valence-electron chi connectivity index (χ4n) is 2.36. The Balaban J connectivity index is 2.07. The van der Waals surface area contributed by atoms with E-state index in [0.29, 0.717) is 17.7 Å². The van der Waals surface area contributed by atoms with Gasteiger partial charge < -0.3 is 4.74 Å². The van der Waals surface area contributed by atoms with Crippen molar-refractivity contribution < 1.29 is 4.74 Å². The average Bonchev–Trinajstić information content (AvgIpc) is 2.85. The predicted octanol–water partition coefficient (Wildman–Crippen LogP) is 2.30. The van der Waals surface area contributed by atoms with Gasteiger partial charge in [-0.25, -0.2) is 4.98 Å². The van der Waals surface area contributed by atoms with Crippen molar-refractivity contribution in [1.82, 2.24) is 9.55 Å². The van der Waals surface area contributed by atoms with Crippen molar-refractivity contribution in [2.24, 2.45) is 0 Å². The summed E-state index contributed by atoms with van der Waals surface area (Å²) in [7, 11) is 0. The molecule has 0 unspecified atom stereocenters. The van der Waals surface area contributed by atoms with Gasteiger partial charge in [-0.15, -0.1) is 0 Å². The molecule has 0 aliphatic carbocycles. The van der Waals surface area contributed by atoms with E-state index >= 15 is 0 Å². The Bertz CT molecular complexity index is 716. The second-order valence-electron chi connectivity index (χ2n) is 5.01. The quantitative estimate of drug-likeness (QED) is 0.791. The summed E-state index contributed by atoms with van der Waals surface area (Å²) in [5.74, 6) is 1.58. The van der Waals surface area contributed by atoms with Crippen molar-refractivity contribution in [2.75, 3.05) is 6.61 Å². The Morgan fingerprint density at radius 3 is 3.16 bits per heavy atom. The summed E-state index contributed by atoms with van der Waals surface area (Å²) in [6.07, 6.45) is 1.89. The smallest absolute Gasteiger partial charge is 0.261 e. The van der Waals surface area contributed by atoms with Gasteiger partial charge in [-0.2, -0.15) is 0 Å². The fourth-order valence-corrected chi connectivity index (χ4v) is 2.36. The molecule has 1 aromatic heterocycles. The molecule has 1 aliphatic heterocycles. The van der Waals surface area contributed by atoms with Crippen molar-refractivity contribution in [3.8, 4) is 5.75 Å². The zero-order valence-corrected chi connectivity index (χ0v) is 11.0. The van der Waals surface area contributed by atoms with E-state index in [4.69, 9.17) is 4.74 Å². The van der Waals surface area contributed by atoms with Crippen LogP contribution in [-0.4, -0.2) is 16.2 Å². The molecule has 0 saturated carbocycles. The normalized spacial score (nSPS) is 13.5. The maximum Gasteiger partial charge on any atom is 0.261 e. The molecular formula is C15H16N2O2. The van der Waals surface area contributed by atoms with Gasteiger partial charge in [-0.05, 0) is 37.1 Å². The highest BCUT2D eigenvalue weighted by molar-refractivity contribution is 5.79. The van der Waals surface area contributed by atoms with Gasteiger partial charge >= 0.3 is 0 Å². The van der Waals surface area contributed by atoms with Crippen molar-refractivity contribution in [1.29, 1.82) is 0 Å². The summed E-state index contributed by atoms with van der Waals surface area (Å²) in [5.41, 5.74) is 1.74. The highest BCUT2D eigenvalue weighted by Gasteiger charge is 2.16. The second kappa shape index (κ2) is 4.53. The van der Waals surface area contributed by atoms with Crippen LogP contribution in [0.15, 0.2) is 35.1 Å². The highest BCUT2D eigenvalue weighted by Crippen LogP contribution is 2.20. The molecule has 0 N–H and O–H groups in total. The van der Waals surface area contributed by atoms with Gasteiger partial charge in [-0.1, -0.05) is 6.58 Å². The molecule has 1 aliphatic rings. The fraction of sp³-hybridized carbons (Fsp3) is 0.333. The van der Waals surface area contributed by atoms with E-state index in [9.17, 15) is 4.79 Å². The summed E-state index contributed by atoms with van der Waals surface area (Å²) in [6.45, 7) is 6.94. The zero-order chi connectivity index (χ0) is 13.4. The molecule has 2 aromatic rings. The lowest BCUT2D eigenvalue weighted by Gasteiger charge is -2.08. The van der Waals surface area contributed by atoms with Gasteiger partial charge in [-0.3, -0.25) is 9.36 Å². The van der Waals surface area contributed by atoms with Crippen LogP contribution in [0.1, 0.15) is 19.2 Å². The number of ether oxygens (including phenoxy) is 1. The van der Waals surface area contributed by atoms with Gasteiger partial charge in [0.2, 0.25) is 0 Å². The third-order valence-electron chi connectivity index (χ3n) is 3.27. The lowest BCUT2D eigenvalue weighted by Crippen LogP contribution is -2.20. The standard InChI is InChI=1S/C15H16N2O2/c1-10(2)9-19-11-5-6-13-12(8-11)15(18)17-7-3-4-14(17)16-13/h5-6,8H,1,3-4,7,9H2,2H3. The number of benzene rings is 1. The van der Waals surface area contributed by atoms with Crippen LogP contribution in [0.5, 0.6) is 5.75 Å². The van der Waals surface area contributed by atoms with E-state index < -0.39 is 0 Å². The molecule has 0 saturated heterocycles. The topological polar surface area (TPSA) is 44.1 Å². The molecule has 4 heteroatoms. The third kappa shape index (κ3) is 2.14. The molecule has 0 fully saturated rings. The summed E-state index contributed by atoms with van der Waals surface area (Å²) >= 11 is 0. The number of hydrogen-bond acceptors (Lipinski definition) is 3. The Kier molecular flexibility index (Phi) is 2.85. The van der Waals surface area contributed by atoms with E-state index in [-0.39, 0.29) is 5.56 Å². The maximum atomic E-state index is 12.4. The van der Waals surface area contributed by atoms with Crippen molar-refractivity contribution in [2.45, 2.75) is 26.3 Å². The molecule has 0 bridgehead atoms. The molecule has 0 spiro atoms. The van der Waals surface area contributed by atoms with E-state index in [1.54, 1.807) is 10.6 Å². The molecule has 0 atom stereocenters. The zero-order valence-electron chi connectivity index (χ0n) is 11.0. The van der Waals surface area contributed by atoms with Gasteiger partial charge in [0.15, 0.2) is 0 Å². The summed E-state index contributed by atoms with van der Waals surface area (Å²) < 4.78 is 7.34. The first kappa shape index (κ1) is 12.0. The van der Waals surface area contributed by atoms with Crippen LogP contribution in [0.3, 0.4) is 0 Å².